The highest BCUT2D eigenvalue weighted by Crippen LogP contribution is 2.31. The van der Waals surface area contributed by atoms with Crippen LogP contribution in [0.25, 0.3) is 21.8 Å². The van der Waals surface area contributed by atoms with Gasteiger partial charge in [0.05, 0.1) is 5.69 Å². The monoisotopic (exact) mass is 298 g/mol. The van der Waals surface area contributed by atoms with Crippen molar-refractivity contribution in [1.29, 1.82) is 0 Å². The molecule has 0 atom stereocenters. The number of anilines is 1. The molecule has 4 heteroatoms. The molecule has 3 rings (SSSR count). The maximum Gasteiger partial charge on any atom is 0.126 e. The summed E-state index contributed by atoms with van der Waals surface area (Å²) in [5.41, 5.74) is 11.2. The quantitative estimate of drug-likeness (QED) is 0.689. The van der Waals surface area contributed by atoms with Crippen molar-refractivity contribution in [3.63, 3.8) is 0 Å². The topological polar surface area (TPSA) is 38.9 Å². The fourth-order valence-corrected chi connectivity index (χ4v) is 2.94. The molecule has 0 aliphatic carbocycles. The van der Waals surface area contributed by atoms with Gasteiger partial charge in [0.1, 0.15) is 10.8 Å². The molecule has 0 fully saturated rings. The van der Waals surface area contributed by atoms with E-state index < -0.39 is 0 Å². The molecule has 2 nitrogen and oxygen atoms in total. The Morgan fingerprint density at radius 2 is 1.76 bits per heavy atom. The lowest BCUT2D eigenvalue weighted by Crippen LogP contribution is -1.89. The number of nitrogen functional groups attached to an aromatic ring is 1. The third-order valence-corrected chi connectivity index (χ3v) is 4.38. The Balaban J connectivity index is 1.99. The van der Waals surface area contributed by atoms with Crippen LogP contribution in [0.5, 0.6) is 0 Å². The van der Waals surface area contributed by atoms with Crippen LogP contribution in [-0.4, -0.2) is 4.98 Å². The number of halogens is 1. The third-order valence-electron chi connectivity index (χ3n) is 3.48. The standard InChI is InChI=1S/C17H15FN2S/c1-10-3-4-13(8-15(10)19)17-20-16(9-21-17)12-5-6-14(18)11(2)7-12/h3-9H,19H2,1-2H3. The van der Waals surface area contributed by atoms with Gasteiger partial charge in [-0.25, -0.2) is 9.37 Å². The summed E-state index contributed by atoms with van der Waals surface area (Å²) in [6, 6.07) is 11.0. The Bertz CT molecular complexity index is 742. The highest BCUT2D eigenvalue weighted by molar-refractivity contribution is 7.13. The van der Waals surface area contributed by atoms with Crippen LogP contribution in [0.4, 0.5) is 10.1 Å². The van der Waals surface area contributed by atoms with E-state index in [-0.39, 0.29) is 5.82 Å². The summed E-state index contributed by atoms with van der Waals surface area (Å²) < 4.78 is 13.3. The first-order valence-electron chi connectivity index (χ1n) is 6.63. The Morgan fingerprint density at radius 3 is 2.48 bits per heavy atom. The lowest BCUT2D eigenvalue weighted by molar-refractivity contribution is 0.619. The summed E-state index contributed by atoms with van der Waals surface area (Å²) in [7, 11) is 0. The van der Waals surface area contributed by atoms with E-state index >= 15 is 0 Å². The largest absolute Gasteiger partial charge is 0.398 e. The average molecular weight is 298 g/mol. The molecule has 0 aliphatic rings. The van der Waals surface area contributed by atoms with Crippen LogP contribution in [-0.2, 0) is 0 Å². The van der Waals surface area contributed by atoms with Crippen LogP contribution in [0.15, 0.2) is 41.8 Å². The molecular formula is C17H15FN2S. The van der Waals surface area contributed by atoms with Crippen LogP contribution >= 0.6 is 11.3 Å². The Kier molecular flexibility index (Phi) is 3.47. The smallest absolute Gasteiger partial charge is 0.126 e. The van der Waals surface area contributed by atoms with Gasteiger partial charge in [0, 0.05) is 22.2 Å². The first-order valence-corrected chi connectivity index (χ1v) is 7.51. The highest BCUT2D eigenvalue weighted by atomic mass is 32.1. The van der Waals surface area contributed by atoms with Gasteiger partial charge < -0.3 is 5.73 Å². The van der Waals surface area contributed by atoms with Gasteiger partial charge >= 0.3 is 0 Å². The van der Waals surface area contributed by atoms with Crippen molar-refractivity contribution >= 4 is 17.0 Å². The third kappa shape index (κ3) is 2.67. The first-order chi connectivity index (χ1) is 10.0. The second-order valence-electron chi connectivity index (χ2n) is 5.07. The van der Waals surface area contributed by atoms with Crippen LogP contribution in [0, 0.1) is 19.7 Å². The Hall–Kier alpha value is -2.20. The molecule has 2 aromatic carbocycles. The number of hydrogen-bond donors (Lipinski definition) is 1. The molecule has 0 spiro atoms. The van der Waals surface area contributed by atoms with Gasteiger partial charge in [-0.3, -0.25) is 0 Å². The van der Waals surface area contributed by atoms with E-state index in [0.29, 0.717) is 5.56 Å². The van der Waals surface area contributed by atoms with E-state index in [4.69, 9.17) is 5.73 Å². The predicted octanol–water partition coefficient (Wildman–Crippen LogP) is 4.82. The Morgan fingerprint density at radius 1 is 1.00 bits per heavy atom. The van der Waals surface area contributed by atoms with Crippen molar-refractivity contribution in [2.75, 3.05) is 5.73 Å². The molecule has 106 valence electrons. The number of nitrogens with two attached hydrogens (primary N) is 1. The van der Waals surface area contributed by atoms with Crippen molar-refractivity contribution < 1.29 is 4.39 Å². The molecule has 0 saturated carbocycles. The first kappa shape index (κ1) is 13.8. The summed E-state index contributed by atoms with van der Waals surface area (Å²) in [5.74, 6) is -0.194. The molecule has 0 aliphatic heterocycles. The van der Waals surface area contributed by atoms with E-state index in [1.165, 1.54) is 6.07 Å². The van der Waals surface area contributed by atoms with Crippen LogP contribution in [0.2, 0.25) is 0 Å². The molecule has 2 N–H and O–H groups in total. The second-order valence-corrected chi connectivity index (χ2v) is 5.93. The number of nitrogens with zero attached hydrogens (tertiary/aromatic N) is 1. The second kappa shape index (κ2) is 5.30. The lowest BCUT2D eigenvalue weighted by Gasteiger charge is -2.02. The zero-order chi connectivity index (χ0) is 15.0. The van der Waals surface area contributed by atoms with E-state index in [1.807, 2.05) is 36.6 Å². The van der Waals surface area contributed by atoms with E-state index in [0.717, 1.165) is 33.1 Å². The maximum atomic E-state index is 13.3. The minimum Gasteiger partial charge on any atom is -0.398 e. The molecule has 0 radical (unpaired) electrons. The number of rotatable bonds is 2. The van der Waals surface area contributed by atoms with Gasteiger partial charge in [-0.05, 0) is 49.2 Å². The van der Waals surface area contributed by atoms with E-state index in [9.17, 15) is 4.39 Å². The van der Waals surface area contributed by atoms with E-state index in [2.05, 4.69) is 4.98 Å². The van der Waals surface area contributed by atoms with Gasteiger partial charge in [0.2, 0.25) is 0 Å². The normalized spacial score (nSPS) is 10.8. The van der Waals surface area contributed by atoms with E-state index in [1.54, 1.807) is 24.3 Å². The fraction of sp³-hybridized carbons (Fsp3) is 0.118. The summed E-state index contributed by atoms with van der Waals surface area (Å²) in [5, 5.41) is 2.90. The molecule has 21 heavy (non-hydrogen) atoms. The zero-order valence-electron chi connectivity index (χ0n) is 11.9. The summed E-state index contributed by atoms with van der Waals surface area (Å²) in [6.07, 6.45) is 0. The summed E-state index contributed by atoms with van der Waals surface area (Å²) in [6.45, 7) is 3.74. The van der Waals surface area contributed by atoms with Crippen molar-refractivity contribution in [3.05, 3.63) is 58.7 Å². The molecule has 0 amide bonds. The van der Waals surface area contributed by atoms with Crippen molar-refractivity contribution in [1.82, 2.24) is 4.98 Å². The summed E-state index contributed by atoms with van der Waals surface area (Å²) in [4.78, 5) is 4.63. The average Bonchev–Trinajstić information content (AvgIpc) is 2.94. The highest BCUT2D eigenvalue weighted by Gasteiger charge is 2.09. The van der Waals surface area contributed by atoms with Crippen LogP contribution in [0.1, 0.15) is 11.1 Å². The number of hydrogen-bond acceptors (Lipinski definition) is 3. The number of aryl methyl sites for hydroxylation is 2. The van der Waals surface area contributed by atoms with Crippen molar-refractivity contribution in [2.45, 2.75) is 13.8 Å². The molecule has 0 saturated heterocycles. The van der Waals surface area contributed by atoms with Gasteiger partial charge in [-0.1, -0.05) is 12.1 Å². The van der Waals surface area contributed by atoms with Gasteiger partial charge in [0.15, 0.2) is 0 Å². The molecule has 1 heterocycles. The lowest BCUT2D eigenvalue weighted by atomic mass is 10.1. The van der Waals surface area contributed by atoms with Crippen molar-refractivity contribution in [2.24, 2.45) is 0 Å². The number of thiazole rings is 1. The van der Waals surface area contributed by atoms with Gasteiger partial charge in [0.25, 0.3) is 0 Å². The molecule has 3 aromatic rings. The SMILES string of the molecule is Cc1ccc(-c2nc(-c3ccc(F)c(C)c3)cs2)cc1N. The van der Waals surface area contributed by atoms with Crippen LogP contribution in [0.3, 0.4) is 0 Å². The molecule has 1 aromatic heterocycles. The molecule has 0 bridgehead atoms. The number of benzene rings is 2. The Labute approximate surface area is 127 Å². The van der Waals surface area contributed by atoms with Gasteiger partial charge in [-0.15, -0.1) is 11.3 Å². The zero-order valence-corrected chi connectivity index (χ0v) is 12.7. The molecule has 0 unspecified atom stereocenters. The maximum absolute atomic E-state index is 13.3. The predicted molar refractivity (Wildman–Crippen MR) is 86.8 cm³/mol. The number of aromatic nitrogens is 1. The minimum absolute atomic E-state index is 0.194. The summed E-state index contributed by atoms with van der Waals surface area (Å²) >= 11 is 1.56. The van der Waals surface area contributed by atoms with Crippen LogP contribution < -0.4 is 5.73 Å². The molecular weight excluding hydrogens is 283 g/mol. The van der Waals surface area contributed by atoms with Crippen molar-refractivity contribution in [3.8, 4) is 21.8 Å². The fourth-order valence-electron chi connectivity index (χ4n) is 2.12. The minimum atomic E-state index is -0.194. The van der Waals surface area contributed by atoms with Gasteiger partial charge in [-0.2, -0.15) is 0 Å².